The number of aromatic nitrogens is 2. The number of nitrogens with one attached hydrogen (secondary N) is 1. The third-order valence-corrected chi connectivity index (χ3v) is 9.54. The van der Waals surface area contributed by atoms with Gasteiger partial charge in [-0.1, -0.05) is 6.07 Å². The van der Waals surface area contributed by atoms with Crippen LogP contribution in [0.25, 0.3) is 22.0 Å². The zero-order chi connectivity index (χ0) is 28.1. The first-order valence-corrected chi connectivity index (χ1v) is 15.2. The summed E-state index contributed by atoms with van der Waals surface area (Å²) in [6, 6.07) is 6.94. The van der Waals surface area contributed by atoms with Crippen LogP contribution < -0.4 is 19.7 Å². The van der Waals surface area contributed by atoms with Crippen LogP contribution in [0.3, 0.4) is 0 Å². The van der Waals surface area contributed by atoms with E-state index in [0.717, 1.165) is 94.6 Å². The first-order valence-electron chi connectivity index (χ1n) is 15.2. The normalized spacial score (nSPS) is 21.3. The van der Waals surface area contributed by atoms with E-state index >= 15 is 4.39 Å². The Kier molecular flexibility index (Phi) is 6.90. The third kappa shape index (κ3) is 4.97. The molecule has 4 aliphatic rings. The van der Waals surface area contributed by atoms with Gasteiger partial charge in [0.25, 0.3) is 0 Å². The second kappa shape index (κ2) is 10.6. The molecule has 218 valence electrons. The van der Waals surface area contributed by atoms with E-state index in [1.54, 1.807) is 0 Å². The van der Waals surface area contributed by atoms with Gasteiger partial charge in [0.1, 0.15) is 29.0 Å². The van der Waals surface area contributed by atoms with Crippen molar-refractivity contribution in [2.45, 2.75) is 57.5 Å². The molecule has 9 heteroatoms. The summed E-state index contributed by atoms with van der Waals surface area (Å²) in [6.07, 6.45) is 6.15. The fourth-order valence-corrected chi connectivity index (χ4v) is 6.81. The lowest BCUT2D eigenvalue weighted by Gasteiger charge is -2.48. The van der Waals surface area contributed by atoms with Gasteiger partial charge in [0.05, 0.1) is 12.2 Å². The first kappa shape index (κ1) is 26.7. The number of hydrogen-bond donors (Lipinski definition) is 2. The molecule has 1 spiro atoms. The highest BCUT2D eigenvalue weighted by molar-refractivity contribution is 6.01. The Balaban J connectivity index is 1.41. The second-order valence-electron chi connectivity index (χ2n) is 12.4. The number of benzene rings is 2. The molecular weight excluding hydrogens is 521 g/mol. The van der Waals surface area contributed by atoms with E-state index in [2.05, 4.69) is 28.2 Å². The second-order valence-corrected chi connectivity index (χ2v) is 12.4. The molecule has 3 saturated heterocycles. The molecular formula is C32H40FN5O3. The third-order valence-electron chi connectivity index (χ3n) is 9.54. The molecule has 0 radical (unpaired) electrons. The first-order chi connectivity index (χ1) is 19.9. The summed E-state index contributed by atoms with van der Waals surface area (Å²) in [6.45, 7) is 8.26. The van der Waals surface area contributed by atoms with Gasteiger partial charge in [-0.2, -0.15) is 9.97 Å². The van der Waals surface area contributed by atoms with Crippen LogP contribution in [0.15, 0.2) is 24.3 Å². The summed E-state index contributed by atoms with van der Waals surface area (Å²) in [4.78, 5) is 14.7. The highest BCUT2D eigenvalue weighted by Gasteiger charge is 2.41. The van der Waals surface area contributed by atoms with Gasteiger partial charge >= 0.3 is 6.01 Å². The van der Waals surface area contributed by atoms with Crippen molar-refractivity contribution in [1.29, 1.82) is 0 Å². The molecule has 3 aliphatic heterocycles. The molecule has 2 aromatic carbocycles. The van der Waals surface area contributed by atoms with E-state index in [-0.39, 0.29) is 23.3 Å². The highest BCUT2D eigenvalue weighted by Crippen LogP contribution is 2.53. The predicted molar refractivity (Wildman–Crippen MR) is 158 cm³/mol. The lowest BCUT2D eigenvalue weighted by molar-refractivity contribution is 0.105. The fourth-order valence-electron chi connectivity index (χ4n) is 6.81. The maximum absolute atomic E-state index is 15.4. The van der Waals surface area contributed by atoms with Gasteiger partial charge in [-0.15, -0.1) is 0 Å². The van der Waals surface area contributed by atoms with Gasteiger partial charge in [-0.25, -0.2) is 4.39 Å². The van der Waals surface area contributed by atoms with E-state index in [1.807, 2.05) is 6.92 Å². The van der Waals surface area contributed by atoms with E-state index in [9.17, 15) is 5.11 Å². The largest absolute Gasteiger partial charge is 0.507 e. The van der Waals surface area contributed by atoms with Gasteiger partial charge < -0.3 is 29.7 Å². The number of phenols is 1. The number of anilines is 1. The quantitative estimate of drug-likeness (QED) is 0.413. The van der Waals surface area contributed by atoms with Crippen LogP contribution in [0.2, 0.25) is 0 Å². The van der Waals surface area contributed by atoms with Gasteiger partial charge in [0.2, 0.25) is 0 Å². The standard InChI is InChI=1S/C32H40FN5O3/c1-3-40-29-26(27-24(33)5-4-6-25(27)39)22(20-7-8-20)17-23-28(29)35-31(41-21-9-13-37(2)14-10-21)36-30(23)38-15-11-32(12-16-38)18-34-19-32/h4-6,17,20-21,34,39H,3,7-16,18-19H2,1-2H3. The Labute approximate surface area is 240 Å². The average Bonchev–Trinajstić information content (AvgIpc) is 3.80. The highest BCUT2D eigenvalue weighted by atomic mass is 19.1. The van der Waals surface area contributed by atoms with Crippen molar-refractivity contribution < 1.29 is 19.0 Å². The molecule has 0 unspecified atom stereocenters. The molecule has 41 heavy (non-hydrogen) atoms. The van der Waals surface area contributed by atoms with E-state index < -0.39 is 5.82 Å². The molecule has 0 bridgehead atoms. The summed E-state index contributed by atoms with van der Waals surface area (Å²) < 4.78 is 28.2. The van der Waals surface area contributed by atoms with E-state index in [0.29, 0.717) is 34.9 Å². The SMILES string of the molecule is CCOc1c(-c2c(O)cccc2F)c(C2CC2)cc2c(N3CCC4(CC3)CNC4)nc(OC3CCN(C)CC3)nc12. The van der Waals surface area contributed by atoms with Crippen LogP contribution in [0, 0.1) is 11.2 Å². The van der Waals surface area contributed by atoms with Crippen molar-refractivity contribution in [2.75, 3.05) is 57.8 Å². The molecule has 4 heterocycles. The van der Waals surface area contributed by atoms with Gasteiger partial charge in [0, 0.05) is 50.2 Å². The zero-order valence-electron chi connectivity index (χ0n) is 24.1. The van der Waals surface area contributed by atoms with Crippen molar-refractivity contribution >= 4 is 16.7 Å². The topological polar surface area (TPSA) is 83.0 Å². The van der Waals surface area contributed by atoms with Crippen LogP contribution in [-0.2, 0) is 0 Å². The Morgan fingerprint density at radius 2 is 1.80 bits per heavy atom. The van der Waals surface area contributed by atoms with Crippen molar-refractivity contribution in [3.05, 3.63) is 35.6 Å². The number of ether oxygens (including phenoxy) is 2. The molecule has 0 atom stereocenters. The Morgan fingerprint density at radius 1 is 1.05 bits per heavy atom. The molecule has 4 fully saturated rings. The molecule has 0 amide bonds. The summed E-state index contributed by atoms with van der Waals surface area (Å²) in [7, 11) is 2.13. The number of phenolic OH excluding ortho intramolecular Hbond substituents is 1. The fraction of sp³-hybridized carbons (Fsp3) is 0.562. The van der Waals surface area contributed by atoms with Gasteiger partial charge in [-0.3, -0.25) is 0 Å². The summed E-state index contributed by atoms with van der Waals surface area (Å²) >= 11 is 0. The van der Waals surface area contributed by atoms with Crippen molar-refractivity contribution in [1.82, 2.24) is 20.2 Å². The number of fused-ring (bicyclic) bond motifs is 1. The minimum absolute atomic E-state index is 0.0403. The Bertz CT molecular complexity index is 1420. The number of likely N-dealkylation sites (tertiary alicyclic amines) is 1. The molecule has 8 nitrogen and oxygen atoms in total. The molecule has 2 N–H and O–H groups in total. The summed E-state index contributed by atoms with van der Waals surface area (Å²) in [5, 5.41) is 15.3. The lowest BCUT2D eigenvalue weighted by Crippen LogP contribution is -2.58. The summed E-state index contributed by atoms with van der Waals surface area (Å²) in [5.41, 5.74) is 2.79. The number of piperidine rings is 2. The maximum Gasteiger partial charge on any atom is 0.319 e. The van der Waals surface area contributed by atoms with Crippen LogP contribution in [0.4, 0.5) is 10.2 Å². The monoisotopic (exact) mass is 561 g/mol. The van der Waals surface area contributed by atoms with Crippen LogP contribution in [0.1, 0.15) is 56.9 Å². The van der Waals surface area contributed by atoms with E-state index in [4.69, 9.17) is 19.4 Å². The zero-order valence-corrected chi connectivity index (χ0v) is 24.1. The van der Waals surface area contributed by atoms with Crippen molar-refractivity contribution in [2.24, 2.45) is 5.41 Å². The smallest absolute Gasteiger partial charge is 0.319 e. The predicted octanol–water partition coefficient (Wildman–Crippen LogP) is 5.08. The number of aromatic hydroxyl groups is 1. The number of hydrogen-bond acceptors (Lipinski definition) is 8. The van der Waals surface area contributed by atoms with Crippen molar-refractivity contribution in [3.63, 3.8) is 0 Å². The minimum Gasteiger partial charge on any atom is -0.507 e. The number of halogens is 1. The average molecular weight is 562 g/mol. The minimum atomic E-state index is -0.472. The molecule has 7 rings (SSSR count). The summed E-state index contributed by atoms with van der Waals surface area (Å²) in [5.74, 6) is 1.08. The van der Waals surface area contributed by atoms with E-state index in [1.165, 1.54) is 18.2 Å². The van der Waals surface area contributed by atoms with Crippen LogP contribution >= 0.6 is 0 Å². The molecule has 3 aromatic rings. The Hall–Kier alpha value is -3.17. The number of nitrogens with zero attached hydrogens (tertiary/aromatic N) is 4. The van der Waals surface area contributed by atoms with Crippen LogP contribution in [0.5, 0.6) is 17.5 Å². The lowest BCUT2D eigenvalue weighted by atomic mass is 9.73. The maximum atomic E-state index is 15.4. The molecule has 1 aromatic heterocycles. The van der Waals surface area contributed by atoms with Gasteiger partial charge in [0.15, 0.2) is 5.75 Å². The molecule has 1 saturated carbocycles. The van der Waals surface area contributed by atoms with Gasteiger partial charge in [-0.05, 0) is 87.6 Å². The molecule has 1 aliphatic carbocycles. The number of rotatable bonds is 7. The Morgan fingerprint density at radius 3 is 2.44 bits per heavy atom. The van der Waals surface area contributed by atoms with Crippen molar-refractivity contribution in [3.8, 4) is 28.6 Å². The van der Waals surface area contributed by atoms with Crippen LogP contribution in [-0.4, -0.2) is 79.0 Å².